The fourth-order valence-corrected chi connectivity index (χ4v) is 2.09. The van der Waals surface area contributed by atoms with Crippen LogP contribution in [0.3, 0.4) is 0 Å². The van der Waals surface area contributed by atoms with Crippen LogP contribution in [-0.4, -0.2) is 10.1 Å². The molecular formula is C16H20FNO. The summed E-state index contributed by atoms with van der Waals surface area (Å²) >= 11 is 0. The number of pyridine rings is 1. The summed E-state index contributed by atoms with van der Waals surface area (Å²) in [5.41, 5.74) is 1.16. The highest BCUT2D eigenvalue weighted by molar-refractivity contribution is 5.83. The van der Waals surface area contributed by atoms with Gasteiger partial charge in [-0.1, -0.05) is 20.8 Å². The lowest BCUT2D eigenvalue weighted by molar-refractivity contribution is 0.0799. The lowest BCUT2D eigenvalue weighted by Gasteiger charge is -2.25. The second kappa shape index (κ2) is 4.27. The standard InChI is InChI=1S/C16H20FNO/c1-15(2,3)14-9-12(16(4,5)19)11-8-10(17)6-7-13(11)18-14/h6-9,19H,1-5H3. The van der Waals surface area contributed by atoms with Gasteiger partial charge in [-0.15, -0.1) is 0 Å². The molecule has 0 fully saturated rings. The first kappa shape index (κ1) is 13.9. The average molecular weight is 261 g/mol. The molecule has 3 heteroatoms. The number of fused-ring (bicyclic) bond motifs is 1. The Balaban J connectivity index is 2.85. The first-order chi connectivity index (χ1) is 8.59. The molecule has 1 N–H and O–H groups in total. The van der Waals surface area contributed by atoms with Crippen molar-refractivity contribution in [1.29, 1.82) is 0 Å². The monoisotopic (exact) mass is 261 g/mol. The highest BCUT2D eigenvalue weighted by Crippen LogP contribution is 2.32. The molecule has 0 amide bonds. The molecule has 102 valence electrons. The van der Waals surface area contributed by atoms with Crippen molar-refractivity contribution in [3.63, 3.8) is 0 Å². The molecule has 1 aromatic heterocycles. The summed E-state index contributed by atoms with van der Waals surface area (Å²) in [7, 11) is 0. The summed E-state index contributed by atoms with van der Waals surface area (Å²) in [6.45, 7) is 9.62. The summed E-state index contributed by atoms with van der Waals surface area (Å²) < 4.78 is 13.4. The average Bonchev–Trinajstić information content (AvgIpc) is 2.24. The van der Waals surface area contributed by atoms with Crippen LogP contribution in [0, 0.1) is 5.82 Å². The van der Waals surface area contributed by atoms with Crippen LogP contribution in [0.5, 0.6) is 0 Å². The molecule has 0 bridgehead atoms. The van der Waals surface area contributed by atoms with E-state index in [4.69, 9.17) is 0 Å². The Kier molecular flexibility index (Phi) is 3.13. The summed E-state index contributed by atoms with van der Waals surface area (Å²) in [4.78, 5) is 4.58. The van der Waals surface area contributed by atoms with Gasteiger partial charge in [-0.05, 0) is 43.7 Å². The lowest BCUT2D eigenvalue weighted by Crippen LogP contribution is -2.20. The molecule has 0 saturated heterocycles. The van der Waals surface area contributed by atoms with Gasteiger partial charge in [0.05, 0.1) is 11.1 Å². The van der Waals surface area contributed by atoms with E-state index < -0.39 is 5.60 Å². The topological polar surface area (TPSA) is 33.1 Å². The number of nitrogens with zero attached hydrogens (tertiary/aromatic N) is 1. The number of benzene rings is 1. The van der Waals surface area contributed by atoms with Crippen molar-refractivity contribution in [2.24, 2.45) is 0 Å². The van der Waals surface area contributed by atoms with Gasteiger partial charge in [0, 0.05) is 16.5 Å². The van der Waals surface area contributed by atoms with E-state index in [1.807, 2.05) is 6.07 Å². The van der Waals surface area contributed by atoms with Crippen molar-refractivity contribution in [3.8, 4) is 0 Å². The molecule has 2 rings (SSSR count). The van der Waals surface area contributed by atoms with Crippen LogP contribution < -0.4 is 0 Å². The number of hydrogen-bond donors (Lipinski definition) is 1. The van der Waals surface area contributed by atoms with Crippen molar-refractivity contribution in [1.82, 2.24) is 4.98 Å². The Morgan fingerprint density at radius 3 is 2.21 bits per heavy atom. The number of rotatable bonds is 1. The van der Waals surface area contributed by atoms with E-state index in [9.17, 15) is 9.50 Å². The molecule has 2 nitrogen and oxygen atoms in total. The van der Waals surface area contributed by atoms with Crippen LogP contribution in [0.25, 0.3) is 10.9 Å². The van der Waals surface area contributed by atoms with Gasteiger partial charge in [-0.25, -0.2) is 4.39 Å². The van der Waals surface area contributed by atoms with E-state index >= 15 is 0 Å². The molecule has 0 aliphatic rings. The first-order valence-electron chi connectivity index (χ1n) is 6.43. The van der Waals surface area contributed by atoms with E-state index in [0.717, 1.165) is 5.69 Å². The maximum absolute atomic E-state index is 13.4. The largest absolute Gasteiger partial charge is 0.386 e. The quantitative estimate of drug-likeness (QED) is 0.844. The Hall–Kier alpha value is -1.48. The predicted octanol–water partition coefficient (Wildman–Crippen LogP) is 3.90. The smallest absolute Gasteiger partial charge is 0.123 e. The van der Waals surface area contributed by atoms with Crippen molar-refractivity contribution in [2.45, 2.75) is 45.6 Å². The van der Waals surface area contributed by atoms with E-state index in [1.165, 1.54) is 12.1 Å². The van der Waals surface area contributed by atoms with Gasteiger partial charge < -0.3 is 5.11 Å². The van der Waals surface area contributed by atoms with Gasteiger partial charge in [0.25, 0.3) is 0 Å². The Morgan fingerprint density at radius 2 is 1.68 bits per heavy atom. The number of hydrogen-bond acceptors (Lipinski definition) is 2. The zero-order valence-corrected chi connectivity index (χ0v) is 12.1. The Bertz CT molecular complexity index is 621. The summed E-state index contributed by atoms with van der Waals surface area (Å²) in [6, 6.07) is 6.37. The zero-order chi connectivity index (χ0) is 14.4. The fraction of sp³-hybridized carbons (Fsp3) is 0.438. The summed E-state index contributed by atoms with van der Waals surface area (Å²) in [6.07, 6.45) is 0. The molecule has 0 spiro atoms. The highest BCUT2D eigenvalue weighted by Gasteiger charge is 2.24. The molecule has 0 radical (unpaired) electrons. The van der Waals surface area contributed by atoms with Crippen LogP contribution in [0.2, 0.25) is 0 Å². The third kappa shape index (κ3) is 2.76. The van der Waals surface area contributed by atoms with Crippen molar-refractivity contribution < 1.29 is 9.50 Å². The van der Waals surface area contributed by atoms with Gasteiger partial charge >= 0.3 is 0 Å². The molecule has 1 heterocycles. The van der Waals surface area contributed by atoms with Gasteiger partial charge in [0.2, 0.25) is 0 Å². The molecule has 1 aromatic carbocycles. The SMILES string of the molecule is CC(C)(C)c1cc(C(C)(C)O)c2cc(F)ccc2n1. The van der Waals surface area contributed by atoms with E-state index in [-0.39, 0.29) is 11.2 Å². The van der Waals surface area contributed by atoms with Crippen LogP contribution in [0.1, 0.15) is 45.9 Å². The Labute approximate surface area is 113 Å². The maximum Gasteiger partial charge on any atom is 0.123 e. The molecule has 0 aliphatic carbocycles. The van der Waals surface area contributed by atoms with E-state index in [2.05, 4.69) is 25.8 Å². The van der Waals surface area contributed by atoms with E-state index in [0.29, 0.717) is 16.5 Å². The number of halogens is 1. The summed E-state index contributed by atoms with van der Waals surface area (Å²) in [5, 5.41) is 11.0. The molecule has 0 atom stereocenters. The minimum absolute atomic E-state index is 0.122. The van der Waals surface area contributed by atoms with Gasteiger partial charge in [-0.2, -0.15) is 0 Å². The molecule has 19 heavy (non-hydrogen) atoms. The van der Waals surface area contributed by atoms with Crippen molar-refractivity contribution in [3.05, 3.63) is 41.3 Å². The molecular weight excluding hydrogens is 241 g/mol. The molecule has 2 aromatic rings. The third-order valence-electron chi connectivity index (χ3n) is 3.20. The minimum Gasteiger partial charge on any atom is -0.386 e. The fourth-order valence-electron chi connectivity index (χ4n) is 2.09. The number of aliphatic hydroxyl groups is 1. The van der Waals surface area contributed by atoms with Gasteiger partial charge in [0.1, 0.15) is 5.82 Å². The normalized spacial score (nSPS) is 13.0. The minimum atomic E-state index is -1.03. The van der Waals surface area contributed by atoms with Crippen LogP contribution >= 0.6 is 0 Å². The second-order valence-corrected chi connectivity index (χ2v) is 6.53. The first-order valence-corrected chi connectivity index (χ1v) is 6.43. The lowest BCUT2D eigenvalue weighted by atomic mass is 9.86. The second-order valence-electron chi connectivity index (χ2n) is 6.53. The van der Waals surface area contributed by atoms with Gasteiger partial charge in [0.15, 0.2) is 0 Å². The molecule has 0 saturated carbocycles. The summed E-state index contributed by atoms with van der Waals surface area (Å²) in [5.74, 6) is -0.316. The van der Waals surface area contributed by atoms with Crippen molar-refractivity contribution >= 4 is 10.9 Å². The predicted molar refractivity (Wildman–Crippen MR) is 75.6 cm³/mol. The van der Waals surface area contributed by atoms with Crippen molar-refractivity contribution in [2.75, 3.05) is 0 Å². The Morgan fingerprint density at radius 1 is 1.05 bits per heavy atom. The molecule has 0 aliphatic heterocycles. The highest BCUT2D eigenvalue weighted by atomic mass is 19.1. The number of aromatic nitrogens is 1. The van der Waals surface area contributed by atoms with Crippen LogP contribution in [0.15, 0.2) is 24.3 Å². The van der Waals surface area contributed by atoms with Gasteiger partial charge in [-0.3, -0.25) is 4.98 Å². The van der Waals surface area contributed by atoms with Crippen LogP contribution in [-0.2, 0) is 11.0 Å². The zero-order valence-electron chi connectivity index (χ0n) is 12.1. The van der Waals surface area contributed by atoms with Crippen LogP contribution in [0.4, 0.5) is 4.39 Å². The third-order valence-corrected chi connectivity index (χ3v) is 3.20. The van der Waals surface area contributed by atoms with E-state index in [1.54, 1.807) is 19.9 Å². The maximum atomic E-state index is 13.4. The molecule has 0 unspecified atom stereocenters.